The van der Waals surface area contributed by atoms with Gasteiger partial charge in [0, 0.05) is 6.04 Å². The fourth-order valence-corrected chi connectivity index (χ4v) is 4.39. The Morgan fingerprint density at radius 2 is 1.52 bits per heavy atom. The largest absolute Gasteiger partial charge is 0.508 e. The molecule has 0 bridgehead atoms. The third-order valence-corrected chi connectivity index (χ3v) is 6.89. The number of amides is 3. The quantitative estimate of drug-likeness (QED) is 0.273. The average Bonchev–Trinajstić information content (AvgIpc) is 2.89. The van der Waals surface area contributed by atoms with Crippen LogP contribution in [0.4, 0.5) is 4.79 Å². The number of aryl methyl sites for hydroxylation is 1. The molecule has 3 amide bonds. The van der Waals surface area contributed by atoms with Gasteiger partial charge < -0.3 is 20.5 Å². The van der Waals surface area contributed by atoms with Crippen molar-refractivity contribution in [1.29, 1.82) is 0 Å². The Bertz CT molecular complexity index is 1080. The lowest BCUT2D eigenvalue weighted by atomic mass is 9.91. The molecule has 8 heteroatoms. The van der Waals surface area contributed by atoms with Crippen LogP contribution in [-0.2, 0) is 27.2 Å². The van der Waals surface area contributed by atoms with Crippen molar-refractivity contribution >= 4 is 17.9 Å². The van der Waals surface area contributed by atoms with Gasteiger partial charge in [-0.2, -0.15) is 0 Å². The zero-order valence-electron chi connectivity index (χ0n) is 25.0. The van der Waals surface area contributed by atoms with Crippen molar-refractivity contribution in [1.82, 2.24) is 16.0 Å². The van der Waals surface area contributed by atoms with Gasteiger partial charge >= 0.3 is 6.09 Å². The molecule has 0 aliphatic heterocycles. The fourth-order valence-electron chi connectivity index (χ4n) is 4.39. The number of ether oxygens (including phenoxy) is 1. The number of phenolic OH excluding ortho intramolecular Hbond substituents is 1. The molecule has 0 saturated heterocycles. The van der Waals surface area contributed by atoms with Crippen LogP contribution < -0.4 is 16.0 Å². The van der Waals surface area contributed by atoms with Crippen molar-refractivity contribution in [2.45, 2.75) is 97.9 Å². The van der Waals surface area contributed by atoms with Crippen LogP contribution in [0.5, 0.6) is 5.75 Å². The van der Waals surface area contributed by atoms with Gasteiger partial charge in [0.2, 0.25) is 11.8 Å². The van der Waals surface area contributed by atoms with Gasteiger partial charge in [0.05, 0.1) is 6.04 Å². The normalized spacial score (nSPS) is 14.6. The van der Waals surface area contributed by atoms with E-state index in [1.54, 1.807) is 58.9 Å². The summed E-state index contributed by atoms with van der Waals surface area (Å²) in [5, 5.41) is 18.4. The van der Waals surface area contributed by atoms with E-state index in [2.05, 4.69) is 41.9 Å². The maximum Gasteiger partial charge on any atom is 0.408 e. The van der Waals surface area contributed by atoms with Gasteiger partial charge in [0.15, 0.2) is 0 Å². The molecule has 0 aromatic heterocycles. The second-order valence-corrected chi connectivity index (χ2v) is 11.8. The topological polar surface area (TPSA) is 117 Å². The molecule has 2 aromatic rings. The second kappa shape index (κ2) is 15.4. The first-order chi connectivity index (χ1) is 18.8. The number of imide groups is 1. The van der Waals surface area contributed by atoms with E-state index in [9.17, 15) is 19.5 Å². The summed E-state index contributed by atoms with van der Waals surface area (Å²) >= 11 is 0. The highest BCUT2D eigenvalue weighted by atomic mass is 16.6. The predicted molar refractivity (Wildman–Crippen MR) is 158 cm³/mol. The first-order valence-electron chi connectivity index (χ1n) is 14.2. The zero-order chi connectivity index (χ0) is 29.9. The first kappa shape index (κ1) is 32.8. The number of phenols is 1. The Labute approximate surface area is 239 Å². The smallest absolute Gasteiger partial charge is 0.408 e. The van der Waals surface area contributed by atoms with Gasteiger partial charge in [-0.1, -0.05) is 76.6 Å². The van der Waals surface area contributed by atoms with Crippen LogP contribution >= 0.6 is 0 Å². The third-order valence-electron chi connectivity index (χ3n) is 6.89. The SMILES string of the molecule is CC[C@H](C)[C@H](CCc1ccccc1)N[C@@H](Cc1ccc(O)cc1)C(=O)NC(=O)[C@@H](NC(=O)OC(C)(C)C)C(C)C. The van der Waals surface area contributed by atoms with Crippen molar-refractivity contribution in [3.05, 3.63) is 65.7 Å². The molecule has 0 unspecified atom stereocenters. The summed E-state index contributed by atoms with van der Waals surface area (Å²) in [6.45, 7) is 13.1. The average molecular weight is 554 g/mol. The van der Waals surface area contributed by atoms with E-state index in [1.807, 2.05) is 18.2 Å². The lowest BCUT2D eigenvalue weighted by molar-refractivity contribution is -0.133. The summed E-state index contributed by atoms with van der Waals surface area (Å²) in [4.78, 5) is 39.2. The monoisotopic (exact) mass is 553 g/mol. The number of rotatable bonds is 13. The predicted octanol–water partition coefficient (Wildman–Crippen LogP) is 5.13. The minimum atomic E-state index is -0.948. The molecule has 8 nitrogen and oxygen atoms in total. The summed E-state index contributed by atoms with van der Waals surface area (Å²) < 4.78 is 5.32. The molecule has 2 rings (SSSR count). The van der Waals surface area contributed by atoms with Crippen LogP contribution in [0.3, 0.4) is 0 Å². The Kier molecular flexibility index (Phi) is 12.6. The van der Waals surface area contributed by atoms with E-state index < -0.39 is 35.6 Å². The van der Waals surface area contributed by atoms with Crippen molar-refractivity contribution in [2.75, 3.05) is 0 Å². The molecule has 40 heavy (non-hydrogen) atoms. The Morgan fingerprint density at radius 3 is 2.08 bits per heavy atom. The number of benzene rings is 2. The van der Waals surface area contributed by atoms with Gasteiger partial charge in [-0.25, -0.2) is 4.79 Å². The van der Waals surface area contributed by atoms with Crippen LogP contribution in [0.15, 0.2) is 54.6 Å². The third kappa shape index (κ3) is 11.4. The molecule has 0 radical (unpaired) electrons. The molecule has 220 valence electrons. The van der Waals surface area contributed by atoms with Crippen LogP contribution in [0.1, 0.15) is 72.4 Å². The molecule has 0 aliphatic carbocycles. The van der Waals surface area contributed by atoms with Gasteiger partial charge in [0.25, 0.3) is 0 Å². The van der Waals surface area contributed by atoms with Gasteiger partial charge in [-0.15, -0.1) is 0 Å². The summed E-state index contributed by atoms with van der Waals surface area (Å²) in [6.07, 6.45) is 2.20. The van der Waals surface area contributed by atoms with Gasteiger partial charge in [-0.3, -0.25) is 14.9 Å². The Hall–Kier alpha value is -3.39. The first-order valence-corrected chi connectivity index (χ1v) is 14.2. The Morgan fingerprint density at radius 1 is 0.900 bits per heavy atom. The zero-order valence-corrected chi connectivity index (χ0v) is 25.0. The summed E-state index contributed by atoms with van der Waals surface area (Å²) in [5.74, 6) is -0.911. The number of hydrogen-bond donors (Lipinski definition) is 4. The van der Waals surface area contributed by atoms with Crippen molar-refractivity contribution in [3.8, 4) is 5.75 Å². The number of aromatic hydroxyl groups is 1. The van der Waals surface area contributed by atoms with Crippen molar-refractivity contribution < 1.29 is 24.2 Å². The molecule has 4 atom stereocenters. The van der Waals surface area contributed by atoms with E-state index in [4.69, 9.17) is 4.74 Å². The molecular weight excluding hydrogens is 506 g/mol. The minimum Gasteiger partial charge on any atom is -0.508 e. The van der Waals surface area contributed by atoms with E-state index in [0.717, 1.165) is 24.8 Å². The molecule has 0 heterocycles. The highest BCUT2D eigenvalue weighted by molar-refractivity contribution is 6.01. The lowest BCUT2D eigenvalue weighted by Crippen LogP contribution is -2.57. The van der Waals surface area contributed by atoms with Crippen LogP contribution in [0.2, 0.25) is 0 Å². The standard InChI is InChI=1S/C32H47N3O5/c1-8-22(4)26(19-16-23-12-10-9-11-13-23)33-27(20-24-14-17-25(36)18-15-24)29(37)35-30(38)28(21(2)3)34-31(39)40-32(5,6)7/h9-15,17-18,21-22,26-28,33,36H,8,16,19-20H2,1-7H3,(H,34,39)(H,35,37,38)/t22-,26-,27-,28-/m0/s1. The molecule has 0 aliphatic rings. The number of nitrogens with one attached hydrogen (secondary N) is 3. The van der Waals surface area contributed by atoms with Crippen molar-refractivity contribution in [2.24, 2.45) is 11.8 Å². The van der Waals surface area contributed by atoms with E-state index in [-0.39, 0.29) is 23.6 Å². The molecular formula is C32H47N3O5. The number of carbonyl (C=O) groups is 3. The van der Waals surface area contributed by atoms with Crippen LogP contribution in [-0.4, -0.2) is 46.7 Å². The van der Waals surface area contributed by atoms with E-state index in [0.29, 0.717) is 6.42 Å². The Balaban J connectivity index is 2.23. The highest BCUT2D eigenvalue weighted by Gasteiger charge is 2.31. The number of alkyl carbamates (subject to hydrolysis) is 1. The summed E-state index contributed by atoms with van der Waals surface area (Å²) in [5.41, 5.74) is 1.35. The summed E-state index contributed by atoms with van der Waals surface area (Å²) in [7, 11) is 0. The van der Waals surface area contributed by atoms with Crippen LogP contribution in [0.25, 0.3) is 0 Å². The summed E-state index contributed by atoms with van der Waals surface area (Å²) in [6, 6.07) is 15.3. The van der Waals surface area contributed by atoms with Gasteiger partial charge in [-0.05, 0) is 75.1 Å². The fraction of sp³-hybridized carbons (Fsp3) is 0.531. The molecule has 2 aromatic carbocycles. The molecule has 0 fully saturated rings. The maximum atomic E-state index is 13.6. The highest BCUT2D eigenvalue weighted by Crippen LogP contribution is 2.18. The second-order valence-electron chi connectivity index (χ2n) is 11.8. The van der Waals surface area contributed by atoms with Gasteiger partial charge in [0.1, 0.15) is 17.4 Å². The number of carbonyl (C=O) groups excluding carboxylic acids is 3. The lowest BCUT2D eigenvalue weighted by Gasteiger charge is -2.30. The van der Waals surface area contributed by atoms with E-state index >= 15 is 0 Å². The minimum absolute atomic E-state index is 0.0222. The van der Waals surface area contributed by atoms with E-state index in [1.165, 1.54) is 5.56 Å². The maximum absolute atomic E-state index is 13.6. The van der Waals surface area contributed by atoms with Crippen molar-refractivity contribution in [3.63, 3.8) is 0 Å². The molecule has 0 saturated carbocycles. The van der Waals surface area contributed by atoms with Crippen LogP contribution in [0, 0.1) is 11.8 Å². The molecule has 4 N–H and O–H groups in total. The number of hydrogen-bond acceptors (Lipinski definition) is 6. The molecule has 0 spiro atoms.